The van der Waals surface area contributed by atoms with Crippen LogP contribution in [0.4, 0.5) is 0 Å². The van der Waals surface area contributed by atoms with Gasteiger partial charge in [0.2, 0.25) is 0 Å². The lowest BCUT2D eigenvalue weighted by Gasteiger charge is -2.24. The van der Waals surface area contributed by atoms with Crippen molar-refractivity contribution >= 4 is 11.3 Å². The number of nitrogens with two attached hydrogens (primary N) is 2. The maximum Gasteiger partial charge on any atom is 0.0546 e. The minimum atomic E-state index is 0.0399. The Kier molecular flexibility index (Phi) is 3.21. The summed E-state index contributed by atoms with van der Waals surface area (Å²) in [7, 11) is 0. The van der Waals surface area contributed by atoms with E-state index in [0.717, 1.165) is 0 Å². The van der Waals surface area contributed by atoms with Gasteiger partial charge in [-0.1, -0.05) is 18.9 Å². The number of hydrogen-bond donors (Lipinski definition) is 2. The minimum Gasteiger partial charge on any atom is -0.326 e. The Morgan fingerprint density at radius 3 is 2.57 bits per heavy atom. The van der Waals surface area contributed by atoms with Crippen molar-refractivity contribution in [3.8, 4) is 0 Å². The van der Waals surface area contributed by atoms with Gasteiger partial charge in [0.15, 0.2) is 0 Å². The molecule has 1 aromatic heterocycles. The first-order valence-corrected chi connectivity index (χ1v) is 6.21. The van der Waals surface area contributed by atoms with Gasteiger partial charge in [0.05, 0.1) is 6.04 Å². The van der Waals surface area contributed by atoms with Crippen LogP contribution in [0.1, 0.15) is 36.6 Å². The summed E-state index contributed by atoms with van der Waals surface area (Å²) < 4.78 is 0. The molecule has 0 bridgehead atoms. The van der Waals surface area contributed by atoms with Crippen LogP contribution in [0, 0.1) is 5.92 Å². The van der Waals surface area contributed by atoms with E-state index in [1.807, 2.05) is 6.07 Å². The lowest BCUT2D eigenvalue weighted by atomic mass is 9.92. The highest BCUT2D eigenvalue weighted by molar-refractivity contribution is 7.10. The predicted molar refractivity (Wildman–Crippen MR) is 61.2 cm³/mol. The molecule has 2 atom stereocenters. The van der Waals surface area contributed by atoms with E-state index < -0.39 is 0 Å². The van der Waals surface area contributed by atoms with Gasteiger partial charge in [-0.25, -0.2) is 0 Å². The van der Waals surface area contributed by atoms with E-state index in [0.29, 0.717) is 5.92 Å². The Morgan fingerprint density at radius 1 is 1.29 bits per heavy atom. The lowest BCUT2D eigenvalue weighted by molar-refractivity contribution is 0.380. The standard InChI is InChI=1S/C11H18N2S/c12-10(8-4-1-2-5-8)11(13)9-6-3-7-14-9/h3,6-8,10-11H,1-2,4-5,12-13H2. The van der Waals surface area contributed by atoms with Gasteiger partial charge in [-0.2, -0.15) is 0 Å². The van der Waals surface area contributed by atoms with Gasteiger partial charge in [-0.3, -0.25) is 0 Å². The first-order valence-electron chi connectivity index (χ1n) is 5.33. The molecule has 4 N–H and O–H groups in total. The molecule has 0 amide bonds. The average molecular weight is 210 g/mol. The monoisotopic (exact) mass is 210 g/mol. The molecule has 1 aliphatic rings. The lowest BCUT2D eigenvalue weighted by Crippen LogP contribution is -2.39. The first kappa shape index (κ1) is 10.1. The van der Waals surface area contributed by atoms with Gasteiger partial charge in [0, 0.05) is 10.9 Å². The summed E-state index contributed by atoms with van der Waals surface area (Å²) in [6.07, 6.45) is 5.19. The molecule has 2 unspecified atom stereocenters. The second-order valence-corrected chi connectivity index (χ2v) is 5.14. The van der Waals surface area contributed by atoms with Crippen LogP contribution in [0.2, 0.25) is 0 Å². The van der Waals surface area contributed by atoms with Crippen LogP contribution in [0.15, 0.2) is 17.5 Å². The minimum absolute atomic E-state index is 0.0399. The average Bonchev–Trinajstić information content (AvgIpc) is 2.87. The zero-order chi connectivity index (χ0) is 9.97. The van der Waals surface area contributed by atoms with E-state index in [4.69, 9.17) is 11.5 Å². The van der Waals surface area contributed by atoms with Crippen molar-refractivity contribution in [3.05, 3.63) is 22.4 Å². The van der Waals surface area contributed by atoms with Gasteiger partial charge in [0.25, 0.3) is 0 Å². The summed E-state index contributed by atoms with van der Waals surface area (Å²) in [5, 5.41) is 2.07. The van der Waals surface area contributed by atoms with E-state index in [1.165, 1.54) is 30.6 Å². The van der Waals surface area contributed by atoms with Gasteiger partial charge in [-0.15, -0.1) is 11.3 Å². The summed E-state index contributed by atoms with van der Waals surface area (Å²) in [6, 6.07) is 4.32. The Morgan fingerprint density at radius 2 is 2.00 bits per heavy atom. The molecule has 0 radical (unpaired) electrons. The van der Waals surface area contributed by atoms with Crippen molar-refractivity contribution in [2.45, 2.75) is 37.8 Å². The maximum absolute atomic E-state index is 6.20. The third-order valence-electron chi connectivity index (χ3n) is 3.23. The normalized spacial score (nSPS) is 22.4. The molecular weight excluding hydrogens is 192 g/mol. The van der Waals surface area contributed by atoms with E-state index >= 15 is 0 Å². The molecule has 1 heterocycles. The Hall–Kier alpha value is -0.380. The van der Waals surface area contributed by atoms with Crippen LogP contribution in [0.25, 0.3) is 0 Å². The van der Waals surface area contributed by atoms with Crippen molar-refractivity contribution in [1.29, 1.82) is 0 Å². The Labute approximate surface area is 89.3 Å². The maximum atomic E-state index is 6.20. The van der Waals surface area contributed by atoms with E-state index in [-0.39, 0.29) is 12.1 Å². The molecule has 0 saturated heterocycles. The van der Waals surface area contributed by atoms with Crippen molar-refractivity contribution in [3.63, 3.8) is 0 Å². The highest BCUT2D eigenvalue weighted by Crippen LogP contribution is 2.32. The molecule has 3 heteroatoms. The van der Waals surface area contributed by atoms with Crippen molar-refractivity contribution in [2.24, 2.45) is 17.4 Å². The highest BCUT2D eigenvalue weighted by atomic mass is 32.1. The van der Waals surface area contributed by atoms with Crippen LogP contribution >= 0.6 is 11.3 Å². The van der Waals surface area contributed by atoms with E-state index in [9.17, 15) is 0 Å². The fourth-order valence-corrected chi connectivity index (χ4v) is 3.09. The van der Waals surface area contributed by atoms with Crippen molar-refractivity contribution in [2.75, 3.05) is 0 Å². The van der Waals surface area contributed by atoms with Gasteiger partial charge >= 0.3 is 0 Å². The molecule has 0 aromatic carbocycles. The first-order chi connectivity index (χ1) is 6.79. The quantitative estimate of drug-likeness (QED) is 0.804. The molecule has 2 rings (SSSR count). The Balaban J connectivity index is 2.00. The van der Waals surface area contributed by atoms with Crippen molar-refractivity contribution < 1.29 is 0 Å². The zero-order valence-corrected chi connectivity index (χ0v) is 9.17. The number of rotatable bonds is 3. The van der Waals surface area contributed by atoms with Gasteiger partial charge < -0.3 is 11.5 Å². The molecule has 1 aliphatic carbocycles. The summed E-state index contributed by atoms with van der Waals surface area (Å²) in [4.78, 5) is 1.23. The van der Waals surface area contributed by atoms with E-state index in [1.54, 1.807) is 11.3 Å². The summed E-state index contributed by atoms with van der Waals surface area (Å²) in [5.41, 5.74) is 12.3. The molecule has 0 aliphatic heterocycles. The fourth-order valence-electron chi connectivity index (χ4n) is 2.31. The molecule has 0 spiro atoms. The fraction of sp³-hybridized carbons (Fsp3) is 0.636. The van der Waals surface area contributed by atoms with Crippen LogP contribution in [-0.4, -0.2) is 6.04 Å². The topological polar surface area (TPSA) is 52.0 Å². The molecule has 14 heavy (non-hydrogen) atoms. The molecule has 1 aromatic rings. The third kappa shape index (κ3) is 2.00. The zero-order valence-electron chi connectivity index (χ0n) is 8.36. The summed E-state index contributed by atoms with van der Waals surface area (Å²) in [6.45, 7) is 0. The predicted octanol–water partition coefficient (Wildman–Crippen LogP) is 2.27. The smallest absolute Gasteiger partial charge is 0.0546 e. The summed E-state index contributed by atoms with van der Waals surface area (Å²) in [5.74, 6) is 0.645. The second-order valence-electron chi connectivity index (χ2n) is 4.16. The number of thiophene rings is 1. The summed E-state index contributed by atoms with van der Waals surface area (Å²) >= 11 is 1.71. The van der Waals surface area contributed by atoms with Crippen molar-refractivity contribution in [1.82, 2.24) is 0 Å². The van der Waals surface area contributed by atoms with Gasteiger partial charge in [-0.05, 0) is 30.2 Å². The number of hydrogen-bond acceptors (Lipinski definition) is 3. The SMILES string of the molecule is NC(c1cccs1)C(N)C1CCCC1. The van der Waals surface area contributed by atoms with Crippen LogP contribution in [-0.2, 0) is 0 Å². The molecule has 1 saturated carbocycles. The largest absolute Gasteiger partial charge is 0.326 e. The molecule has 2 nitrogen and oxygen atoms in total. The van der Waals surface area contributed by atoms with Crippen LogP contribution in [0.5, 0.6) is 0 Å². The second kappa shape index (κ2) is 4.43. The Bertz CT molecular complexity index is 265. The van der Waals surface area contributed by atoms with Crippen LogP contribution < -0.4 is 11.5 Å². The van der Waals surface area contributed by atoms with E-state index in [2.05, 4.69) is 11.4 Å². The van der Waals surface area contributed by atoms with Crippen LogP contribution in [0.3, 0.4) is 0 Å². The molecule has 1 fully saturated rings. The van der Waals surface area contributed by atoms with Gasteiger partial charge in [0.1, 0.15) is 0 Å². The molecular formula is C11H18N2S. The highest BCUT2D eigenvalue weighted by Gasteiger charge is 2.27. The molecule has 78 valence electrons. The third-order valence-corrected chi connectivity index (χ3v) is 4.20.